The van der Waals surface area contributed by atoms with E-state index in [2.05, 4.69) is 12.1 Å². The van der Waals surface area contributed by atoms with Crippen molar-refractivity contribution in [1.82, 2.24) is 0 Å². The first kappa shape index (κ1) is 13.6. The van der Waals surface area contributed by atoms with Gasteiger partial charge in [-0.3, -0.25) is 0 Å². The minimum Gasteiger partial charge on any atom is -0.478 e. The summed E-state index contributed by atoms with van der Waals surface area (Å²) in [5, 5.41) is 13.0. The van der Waals surface area contributed by atoms with Crippen LogP contribution in [0.3, 0.4) is 0 Å². The number of oxime groups is 1. The highest BCUT2D eigenvalue weighted by molar-refractivity contribution is 5.88. The van der Waals surface area contributed by atoms with Gasteiger partial charge in [0, 0.05) is 6.42 Å². The summed E-state index contributed by atoms with van der Waals surface area (Å²) in [4.78, 5) is 16.2. The number of rotatable bonds is 6. The summed E-state index contributed by atoms with van der Waals surface area (Å²) in [6, 6.07) is 6.82. The van der Waals surface area contributed by atoms with E-state index in [9.17, 15) is 4.79 Å². The van der Waals surface area contributed by atoms with Crippen molar-refractivity contribution in [2.45, 2.75) is 45.1 Å². The molecule has 4 nitrogen and oxygen atoms in total. The quantitative estimate of drug-likeness (QED) is 0.793. The number of hydrogen-bond acceptors (Lipinski definition) is 3. The summed E-state index contributed by atoms with van der Waals surface area (Å²) in [5.74, 6) is -0.907. The van der Waals surface area contributed by atoms with Crippen LogP contribution in [0.1, 0.15) is 61.1 Å². The van der Waals surface area contributed by atoms with Crippen molar-refractivity contribution < 1.29 is 14.7 Å². The molecule has 1 N–H and O–H groups in total. The maximum atomic E-state index is 10.8. The van der Waals surface area contributed by atoms with E-state index < -0.39 is 5.97 Å². The average molecular weight is 261 g/mol. The lowest BCUT2D eigenvalue weighted by Crippen LogP contribution is -2.02. The van der Waals surface area contributed by atoms with Gasteiger partial charge in [-0.15, -0.1) is 0 Å². The Labute approximate surface area is 113 Å². The molecule has 0 aromatic heterocycles. The third kappa shape index (κ3) is 3.56. The molecule has 2 rings (SSSR count). The van der Waals surface area contributed by atoms with Crippen LogP contribution in [0.5, 0.6) is 0 Å². The Morgan fingerprint density at radius 1 is 1.37 bits per heavy atom. The number of unbranched alkanes of at least 4 members (excludes halogenated alkanes) is 2. The Hall–Kier alpha value is -1.84. The molecule has 1 unspecified atom stereocenters. The van der Waals surface area contributed by atoms with Gasteiger partial charge in [0.15, 0.2) is 6.10 Å². The molecule has 1 aromatic rings. The van der Waals surface area contributed by atoms with Gasteiger partial charge in [-0.05, 0) is 30.5 Å². The first-order valence-corrected chi connectivity index (χ1v) is 6.75. The van der Waals surface area contributed by atoms with Gasteiger partial charge >= 0.3 is 5.97 Å². The van der Waals surface area contributed by atoms with Crippen LogP contribution in [0, 0.1) is 0 Å². The lowest BCUT2D eigenvalue weighted by atomic mass is 10.0. The smallest absolute Gasteiger partial charge is 0.335 e. The van der Waals surface area contributed by atoms with E-state index in [0.29, 0.717) is 5.56 Å². The molecule has 0 fully saturated rings. The van der Waals surface area contributed by atoms with Crippen LogP contribution in [-0.2, 0) is 4.84 Å². The predicted molar refractivity (Wildman–Crippen MR) is 73.4 cm³/mol. The van der Waals surface area contributed by atoms with Crippen LogP contribution in [-0.4, -0.2) is 16.8 Å². The van der Waals surface area contributed by atoms with E-state index in [1.54, 1.807) is 24.3 Å². The number of benzene rings is 1. The first-order valence-electron chi connectivity index (χ1n) is 6.75. The molecule has 0 amide bonds. The van der Waals surface area contributed by atoms with Crippen molar-refractivity contribution in [2.24, 2.45) is 5.16 Å². The molecular formula is C15H19NO3. The molecule has 1 aliphatic heterocycles. The van der Waals surface area contributed by atoms with E-state index in [0.717, 1.165) is 30.5 Å². The van der Waals surface area contributed by atoms with Gasteiger partial charge in [-0.25, -0.2) is 4.79 Å². The maximum absolute atomic E-state index is 10.8. The number of nitrogens with zero attached hydrogens (tertiary/aromatic N) is 1. The summed E-state index contributed by atoms with van der Waals surface area (Å²) >= 11 is 0. The van der Waals surface area contributed by atoms with Crippen molar-refractivity contribution in [1.29, 1.82) is 0 Å². The van der Waals surface area contributed by atoms with Crippen LogP contribution in [0.4, 0.5) is 0 Å². The van der Waals surface area contributed by atoms with Crippen LogP contribution in [0.15, 0.2) is 29.4 Å². The van der Waals surface area contributed by atoms with Gasteiger partial charge in [0.2, 0.25) is 0 Å². The highest BCUT2D eigenvalue weighted by Crippen LogP contribution is 2.28. The van der Waals surface area contributed by atoms with Gasteiger partial charge in [0.25, 0.3) is 0 Å². The Bertz CT molecular complexity index is 465. The number of hydrogen-bond donors (Lipinski definition) is 1. The second-order valence-corrected chi connectivity index (χ2v) is 4.84. The highest BCUT2D eigenvalue weighted by atomic mass is 16.6. The number of carbonyl (C=O) groups is 1. The van der Waals surface area contributed by atoms with Crippen LogP contribution in [0.25, 0.3) is 0 Å². The van der Waals surface area contributed by atoms with Gasteiger partial charge in [0.1, 0.15) is 0 Å². The fourth-order valence-corrected chi connectivity index (χ4v) is 2.17. The topological polar surface area (TPSA) is 58.9 Å². The van der Waals surface area contributed by atoms with Crippen molar-refractivity contribution in [3.8, 4) is 0 Å². The zero-order valence-electron chi connectivity index (χ0n) is 11.1. The number of aromatic carboxylic acids is 1. The molecule has 0 saturated carbocycles. The molecule has 0 saturated heterocycles. The number of carboxylic acids is 1. The summed E-state index contributed by atoms with van der Waals surface area (Å²) in [5.41, 5.74) is 2.39. The second-order valence-electron chi connectivity index (χ2n) is 4.84. The fourth-order valence-electron chi connectivity index (χ4n) is 2.17. The Balaban J connectivity index is 1.89. The van der Waals surface area contributed by atoms with Crippen molar-refractivity contribution in [3.63, 3.8) is 0 Å². The third-order valence-electron chi connectivity index (χ3n) is 3.33. The minimum atomic E-state index is -0.907. The van der Waals surface area contributed by atoms with Gasteiger partial charge < -0.3 is 9.94 Å². The molecule has 1 aromatic carbocycles. The molecule has 0 bridgehead atoms. The normalized spacial score (nSPS) is 17.9. The van der Waals surface area contributed by atoms with Crippen molar-refractivity contribution in [3.05, 3.63) is 35.4 Å². The zero-order valence-corrected chi connectivity index (χ0v) is 11.1. The second kappa shape index (κ2) is 6.36. The molecule has 1 heterocycles. The molecule has 19 heavy (non-hydrogen) atoms. The summed E-state index contributed by atoms with van der Waals surface area (Å²) in [6.45, 7) is 2.18. The van der Waals surface area contributed by atoms with Crippen LogP contribution in [0.2, 0.25) is 0 Å². The van der Waals surface area contributed by atoms with Gasteiger partial charge in [0.05, 0.1) is 11.3 Å². The standard InChI is InChI=1S/C15H19NO3/c1-2-3-4-5-13-10-14(19-16-13)11-6-8-12(9-7-11)15(17)18/h6-9,14H,2-5,10H2,1H3,(H,17,18). The Morgan fingerprint density at radius 3 is 2.74 bits per heavy atom. The molecule has 1 atom stereocenters. The fraction of sp³-hybridized carbons (Fsp3) is 0.467. The molecule has 0 radical (unpaired) electrons. The summed E-state index contributed by atoms with van der Waals surface area (Å²) < 4.78 is 0. The lowest BCUT2D eigenvalue weighted by Gasteiger charge is -2.08. The number of carboxylic acid groups (broad SMARTS) is 1. The maximum Gasteiger partial charge on any atom is 0.335 e. The molecule has 1 aliphatic rings. The van der Waals surface area contributed by atoms with E-state index in [-0.39, 0.29) is 6.10 Å². The zero-order chi connectivity index (χ0) is 13.7. The molecule has 0 spiro atoms. The van der Waals surface area contributed by atoms with E-state index in [4.69, 9.17) is 9.94 Å². The van der Waals surface area contributed by atoms with Crippen molar-refractivity contribution >= 4 is 11.7 Å². The summed E-state index contributed by atoms with van der Waals surface area (Å²) in [7, 11) is 0. The highest BCUT2D eigenvalue weighted by Gasteiger charge is 2.22. The minimum absolute atomic E-state index is 0.0560. The van der Waals surface area contributed by atoms with E-state index >= 15 is 0 Å². The summed E-state index contributed by atoms with van der Waals surface area (Å²) in [6.07, 6.45) is 5.34. The third-order valence-corrected chi connectivity index (χ3v) is 3.33. The molecule has 0 aliphatic carbocycles. The molecule has 4 heteroatoms. The SMILES string of the molecule is CCCCCC1=NOC(c2ccc(C(=O)O)cc2)C1. The largest absolute Gasteiger partial charge is 0.478 e. The van der Waals surface area contributed by atoms with Gasteiger partial charge in [-0.1, -0.05) is 37.1 Å². The Morgan fingerprint density at radius 2 is 2.11 bits per heavy atom. The van der Waals surface area contributed by atoms with Crippen molar-refractivity contribution in [2.75, 3.05) is 0 Å². The van der Waals surface area contributed by atoms with Crippen LogP contribution < -0.4 is 0 Å². The van der Waals surface area contributed by atoms with E-state index in [1.807, 2.05) is 0 Å². The molecular weight excluding hydrogens is 242 g/mol. The first-order chi connectivity index (χ1) is 9.20. The Kier molecular flexibility index (Phi) is 4.55. The monoisotopic (exact) mass is 261 g/mol. The van der Waals surface area contributed by atoms with Gasteiger partial charge in [-0.2, -0.15) is 0 Å². The lowest BCUT2D eigenvalue weighted by molar-refractivity contribution is 0.0695. The average Bonchev–Trinajstić information content (AvgIpc) is 2.88. The predicted octanol–water partition coefficient (Wildman–Crippen LogP) is 3.78. The van der Waals surface area contributed by atoms with E-state index in [1.165, 1.54) is 12.8 Å². The molecule has 102 valence electrons. The van der Waals surface area contributed by atoms with Crippen LogP contribution >= 0.6 is 0 Å².